The van der Waals surface area contributed by atoms with Gasteiger partial charge in [-0.1, -0.05) is 54.6 Å². The maximum atomic E-state index is 14.2. The van der Waals surface area contributed by atoms with Crippen LogP contribution in [0.4, 0.5) is 4.39 Å². The minimum absolute atomic E-state index is 0.149. The second-order valence-electron chi connectivity index (χ2n) is 8.03. The van der Waals surface area contributed by atoms with Crippen LogP contribution in [0.5, 0.6) is 0 Å². The van der Waals surface area contributed by atoms with Gasteiger partial charge in [0, 0.05) is 17.9 Å². The highest BCUT2D eigenvalue weighted by Gasteiger charge is 2.34. The van der Waals surface area contributed by atoms with Crippen LogP contribution in [0.25, 0.3) is 6.08 Å². The Morgan fingerprint density at radius 2 is 1.73 bits per heavy atom. The summed E-state index contributed by atoms with van der Waals surface area (Å²) in [4.78, 5) is 17.8. The van der Waals surface area contributed by atoms with Gasteiger partial charge in [-0.2, -0.15) is 0 Å². The highest BCUT2D eigenvalue weighted by atomic mass is 32.2. The zero-order valence-corrected chi connectivity index (χ0v) is 18.0. The smallest absolute Gasteiger partial charge is 0.278 e. The summed E-state index contributed by atoms with van der Waals surface area (Å²) >= 11 is 1.66. The van der Waals surface area contributed by atoms with Crippen molar-refractivity contribution < 1.29 is 19.0 Å². The lowest BCUT2D eigenvalue weighted by Crippen LogP contribution is -3.28. The molecule has 4 rings (SSSR count). The molecule has 2 aliphatic rings. The van der Waals surface area contributed by atoms with E-state index in [9.17, 15) is 9.18 Å². The SMILES string of the molecule is O=C(C[NH+]1CC[NH+](C/C=C/c2ccccc2)CC1)N1CCS[C@@H]1c1ccccc1F. The molecule has 2 fully saturated rings. The Hall–Kier alpha value is -2.15. The molecule has 2 aromatic carbocycles. The minimum atomic E-state index is -0.220. The number of nitrogens with one attached hydrogen (secondary N) is 2. The third-order valence-electron chi connectivity index (χ3n) is 5.96. The first-order chi connectivity index (χ1) is 14.7. The largest absolute Gasteiger partial charge is 0.322 e. The van der Waals surface area contributed by atoms with E-state index in [4.69, 9.17) is 0 Å². The first kappa shape index (κ1) is 21.1. The fourth-order valence-electron chi connectivity index (χ4n) is 4.24. The molecule has 0 saturated carbocycles. The van der Waals surface area contributed by atoms with Crippen molar-refractivity contribution in [3.8, 4) is 0 Å². The van der Waals surface area contributed by atoms with Crippen molar-refractivity contribution in [1.29, 1.82) is 0 Å². The Balaban J connectivity index is 1.25. The van der Waals surface area contributed by atoms with E-state index in [0.717, 1.165) is 38.5 Å². The van der Waals surface area contributed by atoms with E-state index in [1.54, 1.807) is 28.8 Å². The fraction of sp³-hybridized carbons (Fsp3) is 0.375. The molecule has 2 aliphatic heterocycles. The molecule has 158 valence electrons. The van der Waals surface area contributed by atoms with E-state index in [2.05, 4.69) is 36.4 Å². The molecular weight excluding hydrogens is 397 g/mol. The number of carbonyl (C=O) groups excluding carboxylic acids is 1. The lowest BCUT2D eigenvalue weighted by Gasteiger charge is -2.31. The van der Waals surface area contributed by atoms with Gasteiger partial charge in [0.15, 0.2) is 6.54 Å². The molecular formula is C24H30FN3OS+2. The predicted molar refractivity (Wildman–Crippen MR) is 120 cm³/mol. The number of piperazine rings is 1. The first-order valence-corrected chi connectivity index (χ1v) is 11.8. The van der Waals surface area contributed by atoms with Crippen LogP contribution in [0, 0.1) is 5.82 Å². The highest BCUT2D eigenvalue weighted by Crippen LogP contribution is 2.38. The van der Waals surface area contributed by atoms with Gasteiger partial charge in [0.05, 0.1) is 6.54 Å². The molecule has 0 spiro atoms. The van der Waals surface area contributed by atoms with E-state index < -0.39 is 0 Å². The summed E-state index contributed by atoms with van der Waals surface area (Å²) in [6, 6.07) is 17.2. The second kappa shape index (κ2) is 10.2. The van der Waals surface area contributed by atoms with Crippen LogP contribution in [0.3, 0.4) is 0 Å². The van der Waals surface area contributed by atoms with Gasteiger partial charge < -0.3 is 14.7 Å². The number of amides is 1. The predicted octanol–water partition coefficient (Wildman–Crippen LogP) is 0.897. The Kier molecular flexibility index (Phi) is 7.20. The van der Waals surface area contributed by atoms with Gasteiger partial charge >= 0.3 is 0 Å². The highest BCUT2D eigenvalue weighted by molar-refractivity contribution is 7.99. The van der Waals surface area contributed by atoms with Crippen LogP contribution in [0.2, 0.25) is 0 Å². The number of hydrogen-bond donors (Lipinski definition) is 2. The molecule has 1 amide bonds. The van der Waals surface area contributed by atoms with Gasteiger partial charge in [-0.05, 0) is 17.7 Å². The molecule has 0 aromatic heterocycles. The van der Waals surface area contributed by atoms with E-state index >= 15 is 0 Å². The van der Waals surface area contributed by atoms with Gasteiger partial charge in [-0.15, -0.1) is 11.8 Å². The van der Waals surface area contributed by atoms with Crippen molar-refractivity contribution in [3.63, 3.8) is 0 Å². The molecule has 1 atom stereocenters. The standard InChI is InChI=1S/C24H28FN3OS/c25-22-11-5-4-10-21(22)24-28(17-18-30-24)23(29)19-27-15-13-26(14-16-27)12-6-9-20-7-2-1-3-8-20/h1-11,24H,12-19H2/p+2/b9-6+/t24-/m1/s1. The molecule has 4 nitrogen and oxygen atoms in total. The lowest BCUT2D eigenvalue weighted by molar-refractivity contribution is -1.01. The van der Waals surface area contributed by atoms with Crippen LogP contribution in [-0.4, -0.2) is 62.4 Å². The lowest BCUT2D eigenvalue weighted by atomic mass is 10.2. The fourth-order valence-corrected chi connectivity index (χ4v) is 5.54. The van der Waals surface area contributed by atoms with Gasteiger partial charge in [-0.25, -0.2) is 4.39 Å². The molecule has 0 bridgehead atoms. The zero-order valence-electron chi connectivity index (χ0n) is 17.2. The van der Waals surface area contributed by atoms with Crippen LogP contribution in [-0.2, 0) is 4.79 Å². The average molecular weight is 428 g/mol. The summed E-state index contributed by atoms with van der Waals surface area (Å²) in [5, 5.41) is -0.187. The molecule has 0 radical (unpaired) electrons. The quantitative estimate of drug-likeness (QED) is 0.717. The van der Waals surface area contributed by atoms with Gasteiger partial charge in [-0.3, -0.25) is 4.79 Å². The topological polar surface area (TPSA) is 29.2 Å². The van der Waals surface area contributed by atoms with Crippen LogP contribution < -0.4 is 9.80 Å². The van der Waals surface area contributed by atoms with Gasteiger partial charge in [0.1, 0.15) is 37.4 Å². The Morgan fingerprint density at radius 3 is 2.50 bits per heavy atom. The zero-order chi connectivity index (χ0) is 20.8. The summed E-state index contributed by atoms with van der Waals surface area (Å²) in [7, 11) is 0. The average Bonchev–Trinajstić information content (AvgIpc) is 3.26. The maximum Gasteiger partial charge on any atom is 0.278 e. The molecule has 2 heterocycles. The van der Waals surface area contributed by atoms with Crippen molar-refractivity contribution in [2.24, 2.45) is 0 Å². The van der Waals surface area contributed by atoms with Gasteiger partial charge in [0.25, 0.3) is 5.91 Å². The van der Waals surface area contributed by atoms with Crippen molar-refractivity contribution in [3.05, 3.63) is 77.6 Å². The summed E-state index contributed by atoms with van der Waals surface area (Å²) in [5.74, 6) is 0.796. The van der Waals surface area contributed by atoms with E-state index in [1.807, 2.05) is 17.0 Å². The van der Waals surface area contributed by atoms with Crippen molar-refractivity contribution in [2.75, 3.05) is 51.6 Å². The number of thioether (sulfide) groups is 1. The Bertz CT molecular complexity index is 868. The molecule has 0 aliphatic carbocycles. The molecule has 30 heavy (non-hydrogen) atoms. The summed E-state index contributed by atoms with van der Waals surface area (Å²) in [6.45, 7) is 6.40. The third-order valence-corrected chi connectivity index (χ3v) is 7.21. The van der Waals surface area contributed by atoms with Crippen molar-refractivity contribution >= 4 is 23.7 Å². The monoisotopic (exact) mass is 427 g/mol. The van der Waals surface area contributed by atoms with E-state index in [-0.39, 0.29) is 17.1 Å². The van der Waals surface area contributed by atoms with Crippen molar-refractivity contribution in [2.45, 2.75) is 5.37 Å². The summed E-state index contributed by atoms with van der Waals surface area (Å²) in [5.41, 5.74) is 1.86. The first-order valence-electron chi connectivity index (χ1n) is 10.7. The van der Waals surface area contributed by atoms with E-state index in [1.165, 1.54) is 16.5 Å². The number of rotatable bonds is 6. The number of hydrogen-bond acceptors (Lipinski definition) is 2. The second-order valence-corrected chi connectivity index (χ2v) is 9.21. The number of quaternary nitrogens is 2. The summed E-state index contributed by atoms with van der Waals surface area (Å²) < 4.78 is 14.2. The van der Waals surface area contributed by atoms with Crippen LogP contribution in [0.1, 0.15) is 16.5 Å². The Labute approximate surface area is 182 Å². The van der Waals surface area contributed by atoms with Crippen LogP contribution >= 0.6 is 11.8 Å². The van der Waals surface area contributed by atoms with Gasteiger partial charge in [0.2, 0.25) is 0 Å². The molecule has 6 heteroatoms. The normalized spacial score (nSPS) is 24.4. The molecule has 2 N–H and O–H groups in total. The summed E-state index contributed by atoms with van der Waals surface area (Å²) in [6.07, 6.45) is 4.44. The molecule has 2 aromatic rings. The molecule has 0 unspecified atom stereocenters. The minimum Gasteiger partial charge on any atom is -0.322 e. The Morgan fingerprint density at radius 1 is 1.03 bits per heavy atom. The number of benzene rings is 2. The number of carbonyl (C=O) groups is 1. The number of nitrogens with zero attached hydrogens (tertiary/aromatic N) is 1. The van der Waals surface area contributed by atoms with Crippen molar-refractivity contribution in [1.82, 2.24) is 4.90 Å². The number of halogens is 1. The third kappa shape index (κ3) is 5.31. The van der Waals surface area contributed by atoms with Crippen LogP contribution in [0.15, 0.2) is 60.7 Å². The maximum absolute atomic E-state index is 14.2. The molecule has 2 saturated heterocycles. The van der Waals surface area contributed by atoms with E-state index in [0.29, 0.717) is 18.7 Å².